The average Bonchev–Trinajstić information content (AvgIpc) is 3.20. The van der Waals surface area contributed by atoms with Crippen molar-refractivity contribution in [2.75, 3.05) is 18.1 Å². The van der Waals surface area contributed by atoms with E-state index in [1.54, 1.807) is 11.8 Å². The summed E-state index contributed by atoms with van der Waals surface area (Å²) in [5, 5.41) is 11.0. The molecule has 11 heteroatoms. The molecule has 0 saturated carbocycles. The monoisotopic (exact) mass is 461 g/mol. The fourth-order valence-corrected chi connectivity index (χ4v) is 4.26. The Hall–Kier alpha value is -2.46. The van der Waals surface area contributed by atoms with Crippen LogP contribution >= 0.6 is 23.4 Å². The molecule has 1 saturated heterocycles. The molecule has 1 aliphatic rings. The minimum Gasteiger partial charge on any atom is -0.462 e. The normalized spacial score (nSPS) is 16.3. The zero-order valence-corrected chi connectivity index (χ0v) is 16.9. The smallest absolute Gasteiger partial charge is 0.416 e. The molecule has 1 atom stereocenters. The highest BCUT2D eigenvalue weighted by atomic mass is 35.5. The van der Waals surface area contributed by atoms with Crippen LogP contribution in [0, 0.1) is 16.0 Å². The molecule has 2 aromatic carbocycles. The minimum absolute atomic E-state index is 0.00868. The zero-order chi connectivity index (χ0) is 21.9. The van der Waals surface area contributed by atoms with Crippen molar-refractivity contribution in [3.8, 4) is 11.5 Å². The molecule has 1 heterocycles. The molecule has 1 unspecified atom stereocenters. The van der Waals surface area contributed by atoms with Crippen LogP contribution in [0.15, 0.2) is 36.4 Å². The standard InChI is InChI=1S/C19H15ClF3NO5S/c20-15-7-12(19(21,22)23)1-4-17(15)29-13-2-3-16(24(26)27)14(8-13)18(25)28-9-11-5-6-30-10-11/h1-4,7-8,11H,5-6,9-10H2. The number of nitrogens with zero attached hydrogens (tertiary/aromatic N) is 1. The highest BCUT2D eigenvalue weighted by Gasteiger charge is 2.31. The van der Waals surface area contributed by atoms with E-state index in [-0.39, 0.29) is 34.6 Å². The van der Waals surface area contributed by atoms with Crippen molar-refractivity contribution in [1.29, 1.82) is 0 Å². The van der Waals surface area contributed by atoms with Gasteiger partial charge in [0.2, 0.25) is 0 Å². The molecule has 0 radical (unpaired) electrons. The summed E-state index contributed by atoms with van der Waals surface area (Å²) in [5.74, 6) is 1.04. The Balaban J connectivity index is 1.81. The van der Waals surface area contributed by atoms with E-state index in [4.69, 9.17) is 21.1 Å². The Morgan fingerprint density at radius 1 is 1.27 bits per heavy atom. The number of rotatable bonds is 6. The second-order valence-electron chi connectivity index (χ2n) is 6.51. The second-order valence-corrected chi connectivity index (χ2v) is 8.07. The van der Waals surface area contributed by atoms with Crippen molar-refractivity contribution >= 4 is 35.0 Å². The first-order valence-corrected chi connectivity index (χ1v) is 10.3. The summed E-state index contributed by atoms with van der Waals surface area (Å²) < 4.78 is 48.9. The Kier molecular flexibility index (Phi) is 6.77. The van der Waals surface area contributed by atoms with Gasteiger partial charge >= 0.3 is 12.1 Å². The summed E-state index contributed by atoms with van der Waals surface area (Å²) in [6.07, 6.45) is -3.67. The lowest BCUT2D eigenvalue weighted by Crippen LogP contribution is -2.15. The lowest BCUT2D eigenvalue weighted by atomic mass is 10.1. The van der Waals surface area contributed by atoms with Gasteiger partial charge in [0.1, 0.15) is 17.1 Å². The zero-order valence-electron chi connectivity index (χ0n) is 15.3. The Morgan fingerprint density at radius 2 is 2.03 bits per heavy atom. The van der Waals surface area contributed by atoms with E-state index in [0.717, 1.165) is 42.2 Å². The SMILES string of the molecule is O=C(OCC1CCSC1)c1cc(Oc2ccc(C(F)(F)F)cc2Cl)ccc1[N+](=O)[O-]. The fourth-order valence-electron chi connectivity index (χ4n) is 2.77. The molecule has 0 N–H and O–H groups in total. The van der Waals surface area contributed by atoms with Crippen LogP contribution in [0.25, 0.3) is 0 Å². The third kappa shape index (κ3) is 5.37. The first-order chi connectivity index (χ1) is 14.1. The number of esters is 1. The molecule has 3 rings (SSSR count). The number of alkyl halides is 3. The molecule has 0 amide bonds. The Morgan fingerprint density at radius 3 is 2.63 bits per heavy atom. The van der Waals surface area contributed by atoms with Gasteiger partial charge < -0.3 is 9.47 Å². The van der Waals surface area contributed by atoms with Crippen LogP contribution in [0.4, 0.5) is 18.9 Å². The Bertz CT molecular complexity index is 964. The number of nitro groups is 1. The number of ether oxygens (including phenoxy) is 2. The Labute approximate surface area is 178 Å². The van der Waals surface area contributed by atoms with Gasteiger partial charge in [-0.15, -0.1) is 0 Å². The lowest BCUT2D eigenvalue weighted by Gasteiger charge is -2.13. The maximum absolute atomic E-state index is 12.8. The van der Waals surface area contributed by atoms with Crippen molar-refractivity contribution in [1.82, 2.24) is 0 Å². The molecular formula is C19H15ClF3NO5S. The van der Waals surface area contributed by atoms with Gasteiger partial charge in [0.15, 0.2) is 0 Å². The van der Waals surface area contributed by atoms with E-state index in [2.05, 4.69) is 0 Å². The molecule has 0 spiro atoms. The highest BCUT2D eigenvalue weighted by molar-refractivity contribution is 7.99. The molecule has 30 heavy (non-hydrogen) atoms. The van der Waals surface area contributed by atoms with Crippen LogP contribution in [0.2, 0.25) is 5.02 Å². The van der Waals surface area contributed by atoms with Crippen molar-refractivity contribution in [3.05, 3.63) is 62.7 Å². The van der Waals surface area contributed by atoms with Crippen LogP contribution in [0.1, 0.15) is 22.3 Å². The number of carbonyl (C=O) groups excluding carboxylic acids is 1. The maximum Gasteiger partial charge on any atom is 0.416 e. The molecule has 0 aromatic heterocycles. The van der Waals surface area contributed by atoms with Crippen molar-refractivity contribution in [3.63, 3.8) is 0 Å². The van der Waals surface area contributed by atoms with Crippen LogP contribution < -0.4 is 4.74 Å². The lowest BCUT2D eigenvalue weighted by molar-refractivity contribution is -0.385. The third-order valence-corrected chi connectivity index (χ3v) is 5.87. The summed E-state index contributed by atoms with van der Waals surface area (Å²) in [6.45, 7) is 0.152. The molecule has 6 nitrogen and oxygen atoms in total. The van der Waals surface area contributed by atoms with E-state index < -0.39 is 28.3 Å². The molecule has 1 fully saturated rings. The number of thioether (sulfide) groups is 1. The average molecular weight is 462 g/mol. The first kappa shape index (κ1) is 22.2. The van der Waals surface area contributed by atoms with E-state index in [1.807, 2.05) is 0 Å². The predicted molar refractivity (Wildman–Crippen MR) is 105 cm³/mol. The minimum atomic E-state index is -4.57. The number of carbonyl (C=O) groups is 1. The van der Waals surface area contributed by atoms with Crippen LogP contribution in [-0.4, -0.2) is 29.0 Å². The summed E-state index contributed by atoms with van der Waals surface area (Å²) in [6, 6.07) is 5.92. The van der Waals surface area contributed by atoms with Crippen LogP contribution in [0.5, 0.6) is 11.5 Å². The van der Waals surface area contributed by atoms with E-state index in [1.165, 1.54) is 6.07 Å². The number of nitro benzene ring substituents is 1. The number of halogens is 4. The molecule has 160 valence electrons. The van der Waals surface area contributed by atoms with E-state index in [0.29, 0.717) is 6.07 Å². The predicted octanol–water partition coefficient (Wildman–Crippen LogP) is 5.97. The largest absolute Gasteiger partial charge is 0.462 e. The van der Waals surface area contributed by atoms with Gasteiger partial charge in [-0.1, -0.05) is 11.6 Å². The van der Waals surface area contributed by atoms with Gasteiger partial charge in [0.05, 0.1) is 22.1 Å². The summed E-state index contributed by atoms with van der Waals surface area (Å²) in [4.78, 5) is 23.0. The highest BCUT2D eigenvalue weighted by Crippen LogP contribution is 2.37. The molecular weight excluding hydrogens is 447 g/mol. The van der Waals surface area contributed by atoms with Crippen LogP contribution in [0.3, 0.4) is 0 Å². The fraction of sp³-hybridized carbons (Fsp3) is 0.316. The van der Waals surface area contributed by atoms with Gasteiger partial charge in [-0.2, -0.15) is 24.9 Å². The van der Waals surface area contributed by atoms with Crippen molar-refractivity contribution in [2.45, 2.75) is 12.6 Å². The van der Waals surface area contributed by atoms with E-state index >= 15 is 0 Å². The topological polar surface area (TPSA) is 78.7 Å². The number of hydrogen-bond acceptors (Lipinski definition) is 6. The summed E-state index contributed by atoms with van der Waals surface area (Å²) in [7, 11) is 0. The van der Waals surface area contributed by atoms with Gasteiger partial charge in [-0.05, 0) is 42.2 Å². The number of hydrogen-bond donors (Lipinski definition) is 0. The second kappa shape index (κ2) is 9.13. The molecule has 0 bridgehead atoms. The van der Waals surface area contributed by atoms with Crippen LogP contribution in [-0.2, 0) is 10.9 Å². The molecule has 1 aliphatic heterocycles. The summed E-state index contributed by atoms with van der Waals surface area (Å²) >= 11 is 7.61. The quantitative estimate of drug-likeness (QED) is 0.299. The number of benzene rings is 2. The first-order valence-electron chi connectivity index (χ1n) is 8.73. The van der Waals surface area contributed by atoms with Gasteiger partial charge in [0.25, 0.3) is 5.69 Å². The molecule has 2 aromatic rings. The third-order valence-electron chi connectivity index (χ3n) is 4.35. The van der Waals surface area contributed by atoms with E-state index in [9.17, 15) is 28.1 Å². The maximum atomic E-state index is 12.8. The summed E-state index contributed by atoms with van der Waals surface area (Å²) in [5.41, 5.74) is -1.73. The van der Waals surface area contributed by atoms with Crippen molar-refractivity contribution in [2.24, 2.45) is 5.92 Å². The molecule has 0 aliphatic carbocycles. The van der Waals surface area contributed by atoms with Crippen molar-refractivity contribution < 1.29 is 32.4 Å². The van der Waals surface area contributed by atoms with Gasteiger partial charge in [-0.3, -0.25) is 10.1 Å². The van der Waals surface area contributed by atoms with Gasteiger partial charge in [0, 0.05) is 18.1 Å². The van der Waals surface area contributed by atoms with Gasteiger partial charge in [-0.25, -0.2) is 4.79 Å².